The number of benzene rings is 1. The molecule has 0 saturated carbocycles. The number of rotatable bonds is 4. The molecule has 6 heteroatoms. The predicted molar refractivity (Wildman–Crippen MR) is 82.7 cm³/mol. The molecule has 2 heterocycles. The molecule has 1 saturated heterocycles. The minimum absolute atomic E-state index is 0.0310. The summed E-state index contributed by atoms with van der Waals surface area (Å²) in [6.45, 7) is 3.30. The second-order valence-corrected chi connectivity index (χ2v) is 5.28. The number of hydrogen-bond acceptors (Lipinski definition) is 6. The molecule has 108 valence electrons. The number of nitrogens with zero attached hydrogens (tertiary/aromatic N) is 3. The number of carbonyl (C=O) groups is 1. The Morgan fingerprint density at radius 2 is 2.00 bits per heavy atom. The monoisotopic (exact) mass is 301 g/mol. The van der Waals surface area contributed by atoms with Crippen LogP contribution in [0.5, 0.6) is 0 Å². The van der Waals surface area contributed by atoms with Crippen molar-refractivity contribution in [1.82, 2.24) is 9.59 Å². The molecule has 0 spiro atoms. The number of anilines is 1. The highest BCUT2D eigenvalue weighted by molar-refractivity contribution is 7.03. The maximum absolute atomic E-state index is 12.1. The first-order chi connectivity index (χ1) is 10.3. The fourth-order valence-corrected chi connectivity index (χ4v) is 2.58. The second-order valence-electron chi connectivity index (χ2n) is 4.67. The fourth-order valence-electron chi connectivity index (χ4n) is 2.16. The summed E-state index contributed by atoms with van der Waals surface area (Å²) >= 11 is 1.27. The van der Waals surface area contributed by atoms with Crippen molar-refractivity contribution in [3.8, 4) is 0 Å². The van der Waals surface area contributed by atoms with Crippen molar-refractivity contribution in [3.63, 3.8) is 0 Å². The third kappa shape index (κ3) is 3.53. The van der Waals surface area contributed by atoms with Crippen molar-refractivity contribution in [3.05, 3.63) is 47.0 Å². The van der Waals surface area contributed by atoms with E-state index in [9.17, 15) is 4.79 Å². The topological polar surface area (TPSA) is 55.3 Å². The molecule has 3 rings (SSSR count). The van der Waals surface area contributed by atoms with Crippen LogP contribution in [0.1, 0.15) is 16.1 Å². The molecule has 1 aromatic carbocycles. The van der Waals surface area contributed by atoms with Crippen LogP contribution in [0.15, 0.2) is 35.7 Å². The zero-order valence-electron chi connectivity index (χ0n) is 11.4. The van der Waals surface area contributed by atoms with E-state index in [1.807, 2.05) is 24.3 Å². The van der Waals surface area contributed by atoms with Crippen LogP contribution in [0, 0.1) is 0 Å². The number of ketones is 1. The molecule has 0 N–H and O–H groups in total. The Bertz CT molecular complexity index is 617. The first kappa shape index (κ1) is 13.9. The van der Waals surface area contributed by atoms with Gasteiger partial charge in [-0.15, -0.1) is 5.10 Å². The first-order valence-corrected chi connectivity index (χ1v) is 7.59. The molecule has 0 amide bonds. The Hall–Kier alpha value is -2.05. The van der Waals surface area contributed by atoms with Crippen LogP contribution >= 0.6 is 11.5 Å². The number of ether oxygens (including phenoxy) is 1. The molecular formula is C15H15N3O2S. The van der Waals surface area contributed by atoms with E-state index < -0.39 is 0 Å². The average Bonchev–Trinajstić information content (AvgIpc) is 3.07. The van der Waals surface area contributed by atoms with Gasteiger partial charge in [-0.2, -0.15) is 0 Å². The summed E-state index contributed by atoms with van der Waals surface area (Å²) in [4.78, 5) is 14.3. The molecule has 0 radical (unpaired) electrons. The lowest BCUT2D eigenvalue weighted by atomic mass is 10.1. The Balaban J connectivity index is 1.67. The molecule has 1 fully saturated rings. The summed E-state index contributed by atoms with van der Waals surface area (Å²) in [5.74, 6) is -0.0310. The van der Waals surface area contributed by atoms with Gasteiger partial charge in [0.1, 0.15) is 0 Å². The van der Waals surface area contributed by atoms with E-state index in [0.717, 1.165) is 32.0 Å². The van der Waals surface area contributed by atoms with Crippen LogP contribution in [-0.4, -0.2) is 41.7 Å². The Morgan fingerprint density at radius 1 is 1.24 bits per heavy atom. The molecule has 1 aliphatic rings. The summed E-state index contributed by atoms with van der Waals surface area (Å²) in [7, 11) is 0. The van der Waals surface area contributed by atoms with Gasteiger partial charge in [-0.3, -0.25) is 4.79 Å². The van der Waals surface area contributed by atoms with Crippen LogP contribution in [0.2, 0.25) is 0 Å². The highest BCUT2D eigenvalue weighted by atomic mass is 32.1. The fraction of sp³-hybridized carbons (Fsp3) is 0.267. The molecule has 0 aliphatic carbocycles. The van der Waals surface area contributed by atoms with Gasteiger partial charge < -0.3 is 9.64 Å². The zero-order valence-corrected chi connectivity index (χ0v) is 12.3. The SMILES string of the molecule is O=C(C=Cc1csnn1)c1ccc(N2CCOCC2)cc1. The Kier molecular flexibility index (Phi) is 4.37. The van der Waals surface area contributed by atoms with E-state index in [1.165, 1.54) is 17.6 Å². The van der Waals surface area contributed by atoms with Gasteiger partial charge in [-0.1, -0.05) is 4.49 Å². The number of morpholine rings is 1. The molecule has 1 aliphatic heterocycles. The molecule has 2 aromatic rings. The van der Waals surface area contributed by atoms with Crippen molar-refractivity contribution in [2.45, 2.75) is 0 Å². The lowest BCUT2D eigenvalue weighted by Gasteiger charge is -2.28. The Labute approximate surface area is 127 Å². The quantitative estimate of drug-likeness (QED) is 0.640. The maximum Gasteiger partial charge on any atom is 0.185 e. The first-order valence-electron chi connectivity index (χ1n) is 6.75. The van der Waals surface area contributed by atoms with Crippen LogP contribution in [-0.2, 0) is 4.74 Å². The molecular weight excluding hydrogens is 286 g/mol. The van der Waals surface area contributed by atoms with Crippen LogP contribution in [0.25, 0.3) is 6.08 Å². The number of carbonyl (C=O) groups excluding carboxylic acids is 1. The van der Waals surface area contributed by atoms with E-state index >= 15 is 0 Å². The lowest BCUT2D eigenvalue weighted by molar-refractivity contribution is 0.104. The maximum atomic E-state index is 12.1. The minimum Gasteiger partial charge on any atom is -0.378 e. The molecule has 0 unspecified atom stereocenters. The molecule has 0 atom stereocenters. The van der Waals surface area contributed by atoms with Gasteiger partial charge >= 0.3 is 0 Å². The summed E-state index contributed by atoms with van der Waals surface area (Å²) in [6.07, 6.45) is 3.21. The molecule has 1 aromatic heterocycles. The van der Waals surface area contributed by atoms with Gasteiger partial charge in [0.05, 0.1) is 18.9 Å². The van der Waals surface area contributed by atoms with E-state index in [2.05, 4.69) is 14.5 Å². The van der Waals surface area contributed by atoms with Gasteiger partial charge in [-0.05, 0) is 47.9 Å². The Morgan fingerprint density at radius 3 is 2.67 bits per heavy atom. The van der Waals surface area contributed by atoms with Crippen molar-refractivity contribution in [2.24, 2.45) is 0 Å². The number of aromatic nitrogens is 2. The number of allylic oxidation sites excluding steroid dienone is 1. The smallest absolute Gasteiger partial charge is 0.185 e. The molecule has 0 bridgehead atoms. The van der Waals surface area contributed by atoms with Crippen LogP contribution in [0.3, 0.4) is 0 Å². The summed E-state index contributed by atoms with van der Waals surface area (Å²) in [6, 6.07) is 7.68. The van der Waals surface area contributed by atoms with E-state index in [0.29, 0.717) is 11.3 Å². The molecule has 21 heavy (non-hydrogen) atoms. The van der Waals surface area contributed by atoms with Crippen molar-refractivity contribution in [1.29, 1.82) is 0 Å². The highest BCUT2D eigenvalue weighted by Gasteiger charge is 2.11. The minimum atomic E-state index is -0.0310. The van der Waals surface area contributed by atoms with Crippen molar-refractivity contribution < 1.29 is 9.53 Å². The zero-order chi connectivity index (χ0) is 14.5. The average molecular weight is 301 g/mol. The summed E-state index contributed by atoms with van der Waals surface area (Å²) < 4.78 is 9.08. The van der Waals surface area contributed by atoms with E-state index in [-0.39, 0.29) is 5.78 Å². The lowest BCUT2D eigenvalue weighted by Crippen LogP contribution is -2.36. The van der Waals surface area contributed by atoms with Gasteiger partial charge in [0, 0.05) is 29.7 Å². The molecule has 5 nitrogen and oxygen atoms in total. The van der Waals surface area contributed by atoms with E-state index in [4.69, 9.17) is 4.74 Å². The van der Waals surface area contributed by atoms with Gasteiger partial charge in [-0.25, -0.2) is 0 Å². The second kappa shape index (κ2) is 6.60. The highest BCUT2D eigenvalue weighted by Crippen LogP contribution is 2.17. The summed E-state index contributed by atoms with van der Waals surface area (Å²) in [5.41, 5.74) is 2.51. The standard InChI is InChI=1S/C15H15N3O2S/c19-15(6-3-13-11-21-17-16-13)12-1-4-14(5-2-12)18-7-9-20-10-8-18/h1-6,11H,7-10H2. The van der Waals surface area contributed by atoms with Crippen molar-refractivity contribution in [2.75, 3.05) is 31.2 Å². The third-order valence-electron chi connectivity index (χ3n) is 3.31. The van der Waals surface area contributed by atoms with Crippen LogP contribution in [0.4, 0.5) is 5.69 Å². The largest absolute Gasteiger partial charge is 0.378 e. The predicted octanol–water partition coefficient (Wildman–Crippen LogP) is 2.27. The van der Waals surface area contributed by atoms with Gasteiger partial charge in [0.15, 0.2) is 5.78 Å². The third-order valence-corrected chi connectivity index (χ3v) is 3.83. The van der Waals surface area contributed by atoms with E-state index in [1.54, 1.807) is 11.5 Å². The number of hydrogen-bond donors (Lipinski definition) is 0. The van der Waals surface area contributed by atoms with Gasteiger partial charge in [0.2, 0.25) is 0 Å². The van der Waals surface area contributed by atoms with Crippen LogP contribution < -0.4 is 4.90 Å². The van der Waals surface area contributed by atoms with Crippen molar-refractivity contribution >= 4 is 29.1 Å². The van der Waals surface area contributed by atoms with Gasteiger partial charge in [0.25, 0.3) is 0 Å². The normalized spacial score (nSPS) is 15.5. The summed E-state index contributed by atoms with van der Waals surface area (Å²) in [5, 5.41) is 5.67.